The Bertz CT molecular complexity index is 682. The van der Waals surface area contributed by atoms with E-state index in [4.69, 9.17) is 4.42 Å². The average molecular weight is 296 g/mol. The molecule has 0 atom stereocenters. The van der Waals surface area contributed by atoms with Crippen LogP contribution in [-0.2, 0) is 10.0 Å². The first kappa shape index (κ1) is 14.3. The number of aromatic nitrogens is 2. The number of anilines is 2. The number of nitrogens with one attached hydrogen (secondary N) is 2. The molecule has 1 aromatic carbocycles. The summed E-state index contributed by atoms with van der Waals surface area (Å²) in [6.45, 7) is 4.28. The number of para-hydroxylation sites is 1. The number of sulfonamides is 1. The van der Waals surface area contributed by atoms with Crippen molar-refractivity contribution in [3.63, 3.8) is 0 Å². The van der Waals surface area contributed by atoms with Crippen molar-refractivity contribution < 1.29 is 12.8 Å². The third-order valence-corrected chi connectivity index (χ3v) is 3.87. The van der Waals surface area contributed by atoms with E-state index >= 15 is 0 Å². The summed E-state index contributed by atoms with van der Waals surface area (Å²) in [6.07, 6.45) is 0.894. The van der Waals surface area contributed by atoms with Gasteiger partial charge in [0.2, 0.25) is 5.89 Å². The Morgan fingerprint density at radius 2 is 2.00 bits per heavy atom. The van der Waals surface area contributed by atoms with Crippen LogP contribution in [0.5, 0.6) is 0 Å². The first-order chi connectivity index (χ1) is 9.53. The maximum atomic E-state index is 12.3. The van der Waals surface area contributed by atoms with Gasteiger partial charge in [0.15, 0.2) is 0 Å². The highest BCUT2D eigenvalue weighted by Gasteiger charge is 2.20. The molecule has 1 aromatic heterocycles. The lowest BCUT2D eigenvalue weighted by Gasteiger charge is -2.11. The molecule has 108 valence electrons. The lowest BCUT2D eigenvalue weighted by Crippen LogP contribution is -2.16. The Morgan fingerprint density at radius 3 is 2.65 bits per heavy atom. The molecule has 0 saturated heterocycles. The maximum Gasteiger partial charge on any atom is 0.329 e. The molecule has 2 aromatic rings. The van der Waals surface area contributed by atoms with Gasteiger partial charge >= 0.3 is 6.01 Å². The van der Waals surface area contributed by atoms with Crippen LogP contribution < -0.4 is 10.0 Å². The van der Waals surface area contributed by atoms with E-state index in [1.165, 1.54) is 6.07 Å². The van der Waals surface area contributed by atoms with Crippen molar-refractivity contribution in [2.24, 2.45) is 0 Å². The smallest absolute Gasteiger partial charge is 0.329 e. The molecule has 0 amide bonds. The van der Waals surface area contributed by atoms with Crippen LogP contribution in [0.2, 0.25) is 0 Å². The van der Waals surface area contributed by atoms with E-state index in [1.54, 1.807) is 25.1 Å². The number of nitrogens with zero attached hydrogens (tertiary/aromatic N) is 2. The summed E-state index contributed by atoms with van der Waals surface area (Å²) in [5.74, 6) is 0.292. The molecule has 0 aliphatic rings. The van der Waals surface area contributed by atoms with Gasteiger partial charge in [-0.05, 0) is 18.6 Å². The highest BCUT2D eigenvalue weighted by Crippen LogP contribution is 2.23. The molecule has 20 heavy (non-hydrogen) atoms. The van der Waals surface area contributed by atoms with Crippen molar-refractivity contribution in [3.8, 4) is 0 Å². The zero-order valence-electron chi connectivity index (χ0n) is 11.3. The Kier molecular flexibility index (Phi) is 4.23. The Morgan fingerprint density at radius 1 is 1.25 bits per heavy atom. The van der Waals surface area contributed by atoms with Crippen molar-refractivity contribution >= 4 is 21.7 Å². The molecule has 0 bridgehead atoms. The summed E-state index contributed by atoms with van der Waals surface area (Å²) in [4.78, 5) is 0.143. The van der Waals surface area contributed by atoms with Crippen LogP contribution in [-0.4, -0.2) is 25.2 Å². The quantitative estimate of drug-likeness (QED) is 0.846. The third kappa shape index (κ3) is 3.27. The molecule has 0 radical (unpaired) electrons. The fourth-order valence-corrected chi connectivity index (χ4v) is 2.72. The fraction of sp³-hybridized carbons (Fsp3) is 0.333. The van der Waals surface area contributed by atoms with Crippen LogP contribution in [0.1, 0.15) is 19.2 Å². The molecule has 7 nitrogen and oxygen atoms in total. The van der Waals surface area contributed by atoms with Gasteiger partial charge in [0.1, 0.15) is 4.90 Å². The van der Waals surface area contributed by atoms with Crippen LogP contribution >= 0.6 is 0 Å². The molecule has 0 saturated carbocycles. The summed E-state index contributed by atoms with van der Waals surface area (Å²) < 4.78 is 31.9. The lowest BCUT2D eigenvalue weighted by atomic mass is 10.3. The van der Waals surface area contributed by atoms with Gasteiger partial charge in [-0.2, -0.15) is 0 Å². The van der Waals surface area contributed by atoms with Crippen molar-refractivity contribution in [1.29, 1.82) is 0 Å². The van der Waals surface area contributed by atoms with E-state index in [0.29, 0.717) is 18.1 Å². The van der Waals surface area contributed by atoms with Crippen molar-refractivity contribution in [1.82, 2.24) is 10.2 Å². The van der Waals surface area contributed by atoms with Gasteiger partial charge < -0.3 is 9.73 Å². The number of hydrogen-bond donors (Lipinski definition) is 2. The van der Waals surface area contributed by atoms with Crippen molar-refractivity contribution in [2.75, 3.05) is 16.6 Å². The second-order valence-corrected chi connectivity index (χ2v) is 5.81. The standard InChI is InChI=1S/C12H16N4O3S/c1-3-8-13-10-6-4-5-7-11(10)20(17,18)16-12-15-14-9(2)19-12/h4-7,13H,3,8H2,1-2H3,(H,15,16). The van der Waals surface area contributed by atoms with Crippen LogP contribution in [0.25, 0.3) is 0 Å². The van der Waals surface area contributed by atoms with E-state index in [9.17, 15) is 8.42 Å². The van der Waals surface area contributed by atoms with E-state index in [1.807, 2.05) is 6.92 Å². The summed E-state index contributed by atoms with van der Waals surface area (Å²) in [5, 5.41) is 10.3. The van der Waals surface area contributed by atoms with Crippen LogP contribution in [0.15, 0.2) is 33.6 Å². The van der Waals surface area contributed by atoms with Gasteiger partial charge in [0, 0.05) is 13.5 Å². The number of benzene rings is 1. The molecule has 0 fully saturated rings. The van der Waals surface area contributed by atoms with Gasteiger partial charge in [0.05, 0.1) is 5.69 Å². The van der Waals surface area contributed by atoms with Crippen molar-refractivity contribution in [2.45, 2.75) is 25.2 Å². The largest absolute Gasteiger partial charge is 0.408 e. The Labute approximate surface area is 117 Å². The second-order valence-electron chi connectivity index (χ2n) is 4.15. The summed E-state index contributed by atoms with van der Waals surface area (Å²) in [6, 6.07) is 6.51. The van der Waals surface area contributed by atoms with Gasteiger partial charge in [-0.3, -0.25) is 0 Å². The van der Waals surface area contributed by atoms with E-state index in [2.05, 4.69) is 20.2 Å². The molecule has 0 aliphatic heterocycles. The predicted octanol–water partition coefficient (Wildman–Crippen LogP) is 2.00. The Hall–Kier alpha value is -2.09. The number of aryl methyl sites for hydroxylation is 1. The summed E-state index contributed by atoms with van der Waals surface area (Å²) in [7, 11) is -3.77. The molecule has 0 spiro atoms. The third-order valence-electron chi connectivity index (χ3n) is 2.49. The minimum absolute atomic E-state index is 0.143. The summed E-state index contributed by atoms with van der Waals surface area (Å²) >= 11 is 0. The topological polar surface area (TPSA) is 97.1 Å². The molecular weight excluding hydrogens is 280 g/mol. The van der Waals surface area contributed by atoms with Gasteiger partial charge in [-0.1, -0.05) is 24.2 Å². The molecule has 0 unspecified atom stereocenters. The zero-order valence-corrected chi connectivity index (χ0v) is 12.1. The highest BCUT2D eigenvalue weighted by molar-refractivity contribution is 7.92. The molecule has 1 heterocycles. The van der Waals surface area contributed by atoms with Crippen molar-refractivity contribution in [3.05, 3.63) is 30.2 Å². The molecule has 2 rings (SSSR count). The average Bonchev–Trinajstić information content (AvgIpc) is 2.81. The molecule has 0 aliphatic carbocycles. The fourth-order valence-electron chi connectivity index (χ4n) is 1.61. The molecule has 8 heteroatoms. The minimum atomic E-state index is -3.77. The van der Waals surface area contributed by atoms with Crippen LogP contribution in [0, 0.1) is 6.92 Å². The van der Waals surface area contributed by atoms with E-state index in [0.717, 1.165) is 6.42 Å². The molecular formula is C12H16N4O3S. The normalized spacial score (nSPS) is 11.3. The number of rotatable bonds is 6. The SMILES string of the molecule is CCCNc1ccccc1S(=O)(=O)Nc1nnc(C)o1. The first-order valence-corrected chi connectivity index (χ1v) is 7.67. The van der Waals surface area contributed by atoms with Gasteiger partial charge in [-0.25, -0.2) is 13.1 Å². The second kappa shape index (κ2) is 5.91. The summed E-state index contributed by atoms with van der Waals surface area (Å²) in [5.41, 5.74) is 0.540. The first-order valence-electron chi connectivity index (χ1n) is 6.19. The highest BCUT2D eigenvalue weighted by atomic mass is 32.2. The monoisotopic (exact) mass is 296 g/mol. The zero-order chi connectivity index (χ0) is 14.6. The Balaban J connectivity index is 2.29. The van der Waals surface area contributed by atoms with Crippen LogP contribution in [0.4, 0.5) is 11.7 Å². The molecule has 2 N–H and O–H groups in total. The van der Waals surface area contributed by atoms with Gasteiger partial charge in [0.25, 0.3) is 10.0 Å². The van der Waals surface area contributed by atoms with Gasteiger partial charge in [-0.15, -0.1) is 5.10 Å². The lowest BCUT2D eigenvalue weighted by molar-refractivity contribution is 0.534. The van der Waals surface area contributed by atoms with E-state index in [-0.39, 0.29) is 10.9 Å². The van der Waals surface area contributed by atoms with Crippen LogP contribution in [0.3, 0.4) is 0 Å². The minimum Gasteiger partial charge on any atom is -0.408 e. The number of hydrogen-bond acceptors (Lipinski definition) is 6. The van der Waals surface area contributed by atoms with E-state index < -0.39 is 10.0 Å². The predicted molar refractivity (Wildman–Crippen MR) is 75.1 cm³/mol. The maximum absolute atomic E-state index is 12.3.